The molecule has 5 nitrogen and oxygen atoms in total. The Kier molecular flexibility index (Phi) is 6.40. The molecule has 2 aromatic carbocycles. The van der Waals surface area contributed by atoms with Gasteiger partial charge in [0.25, 0.3) is 0 Å². The van der Waals surface area contributed by atoms with Gasteiger partial charge in [0.15, 0.2) is 0 Å². The lowest BCUT2D eigenvalue weighted by molar-refractivity contribution is -0.141. The van der Waals surface area contributed by atoms with Crippen LogP contribution in [0.15, 0.2) is 73.3 Å². The minimum atomic E-state index is -0.568. The predicted octanol–water partition coefficient (Wildman–Crippen LogP) is 3.47. The first-order chi connectivity index (χ1) is 15.1. The number of nitrogens with zero attached hydrogens (tertiary/aromatic N) is 3. The van der Waals surface area contributed by atoms with Gasteiger partial charge in [0, 0.05) is 45.0 Å². The van der Waals surface area contributed by atoms with Crippen molar-refractivity contribution in [2.45, 2.75) is 24.7 Å². The molecular weight excluding hydrogens is 386 g/mol. The van der Waals surface area contributed by atoms with E-state index in [2.05, 4.69) is 52.8 Å². The average Bonchev–Trinajstić information content (AvgIpc) is 3.10. The standard InChI is InChI=1S/C26H31N3O2/c1-2-24(30)28-18-14-26(15-19-28,22-10-5-3-6-11-22)25(31)29-17-9-16-27(20-21-29)23-12-7-4-8-13-23/h2-8,10-13H,1,9,14-21H2. The molecular formula is C26H31N3O2. The highest BCUT2D eigenvalue weighted by Gasteiger charge is 2.45. The van der Waals surface area contributed by atoms with Crippen LogP contribution in [0.1, 0.15) is 24.8 Å². The topological polar surface area (TPSA) is 43.9 Å². The Morgan fingerprint density at radius 1 is 0.774 bits per heavy atom. The largest absolute Gasteiger partial charge is 0.370 e. The lowest BCUT2D eigenvalue weighted by Crippen LogP contribution is -2.54. The molecule has 5 heteroatoms. The van der Waals surface area contributed by atoms with Gasteiger partial charge in [0.05, 0.1) is 5.41 Å². The Balaban J connectivity index is 1.54. The molecule has 2 aliphatic heterocycles. The molecule has 2 amide bonds. The number of carbonyl (C=O) groups excluding carboxylic acids is 2. The Labute approximate surface area is 184 Å². The second kappa shape index (κ2) is 9.38. The summed E-state index contributed by atoms with van der Waals surface area (Å²) in [6.45, 7) is 8.04. The Bertz CT molecular complexity index is 905. The summed E-state index contributed by atoms with van der Waals surface area (Å²) in [6, 6.07) is 20.6. The van der Waals surface area contributed by atoms with Crippen molar-refractivity contribution < 1.29 is 9.59 Å². The fourth-order valence-corrected chi connectivity index (χ4v) is 4.94. The fraction of sp³-hybridized carbons (Fsp3) is 0.385. The van der Waals surface area contributed by atoms with Crippen LogP contribution in [-0.2, 0) is 15.0 Å². The third-order valence-electron chi connectivity index (χ3n) is 6.74. The fourth-order valence-electron chi connectivity index (χ4n) is 4.94. The van der Waals surface area contributed by atoms with E-state index in [1.54, 1.807) is 4.90 Å². The number of piperidine rings is 1. The highest BCUT2D eigenvalue weighted by molar-refractivity contribution is 5.90. The van der Waals surface area contributed by atoms with Crippen LogP contribution in [0.3, 0.4) is 0 Å². The quantitative estimate of drug-likeness (QED) is 0.716. The number of likely N-dealkylation sites (tertiary alicyclic amines) is 1. The van der Waals surface area contributed by atoms with Crippen LogP contribution >= 0.6 is 0 Å². The van der Waals surface area contributed by atoms with Gasteiger partial charge in [-0.05, 0) is 43.0 Å². The van der Waals surface area contributed by atoms with E-state index < -0.39 is 5.41 Å². The van der Waals surface area contributed by atoms with Crippen LogP contribution in [0.25, 0.3) is 0 Å². The number of hydrogen-bond donors (Lipinski definition) is 0. The van der Waals surface area contributed by atoms with E-state index in [4.69, 9.17) is 0 Å². The molecule has 2 aromatic rings. The summed E-state index contributed by atoms with van der Waals surface area (Å²) in [5.41, 5.74) is 1.71. The molecule has 0 spiro atoms. The predicted molar refractivity (Wildman–Crippen MR) is 124 cm³/mol. The summed E-state index contributed by atoms with van der Waals surface area (Å²) in [5.74, 6) is 0.154. The van der Waals surface area contributed by atoms with Gasteiger partial charge in [-0.1, -0.05) is 55.1 Å². The molecule has 0 N–H and O–H groups in total. The van der Waals surface area contributed by atoms with Gasteiger partial charge in [-0.15, -0.1) is 0 Å². The molecule has 2 heterocycles. The van der Waals surface area contributed by atoms with Gasteiger partial charge in [-0.25, -0.2) is 0 Å². The van der Waals surface area contributed by atoms with E-state index in [0.717, 1.165) is 38.2 Å². The molecule has 0 aliphatic carbocycles. The number of hydrogen-bond acceptors (Lipinski definition) is 3. The van der Waals surface area contributed by atoms with Crippen molar-refractivity contribution in [3.8, 4) is 0 Å². The van der Waals surface area contributed by atoms with E-state index in [-0.39, 0.29) is 11.8 Å². The second-order valence-electron chi connectivity index (χ2n) is 8.45. The maximum Gasteiger partial charge on any atom is 0.245 e. The first-order valence-electron chi connectivity index (χ1n) is 11.2. The van der Waals surface area contributed by atoms with E-state index in [9.17, 15) is 9.59 Å². The normalized spacial score (nSPS) is 18.9. The van der Waals surface area contributed by atoms with Crippen molar-refractivity contribution in [2.24, 2.45) is 0 Å². The van der Waals surface area contributed by atoms with E-state index in [1.165, 1.54) is 11.8 Å². The molecule has 2 fully saturated rings. The van der Waals surface area contributed by atoms with Gasteiger partial charge >= 0.3 is 0 Å². The molecule has 0 radical (unpaired) electrons. The maximum atomic E-state index is 14.0. The first-order valence-corrected chi connectivity index (χ1v) is 11.2. The van der Waals surface area contributed by atoms with Crippen molar-refractivity contribution in [1.82, 2.24) is 9.80 Å². The zero-order chi connectivity index (χ0) is 21.7. The minimum absolute atomic E-state index is 0.0533. The summed E-state index contributed by atoms with van der Waals surface area (Å²) >= 11 is 0. The highest BCUT2D eigenvalue weighted by atomic mass is 16.2. The number of benzene rings is 2. The molecule has 2 saturated heterocycles. The molecule has 31 heavy (non-hydrogen) atoms. The van der Waals surface area contributed by atoms with Crippen LogP contribution < -0.4 is 4.90 Å². The van der Waals surface area contributed by atoms with Crippen LogP contribution in [0, 0.1) is 0 Å². The lowest BCUT2D eigenvalue weighted by Gasteiger charge is -2.43. The Morgan fingerprint density at radius 2 is 1.42 bits per heavy atom. The number of amides is 2. The summed E-state index contributed by atoms with van der Waals surface area (Å²) < 4.78 is 0. The summed E-state index contributed by atoms with van der Waals surface area (Å²) in [6.07, 6.45) is 3.61. The third kappa shape index (κ3) is 4.36. The van der Waals surface area contributed by atoms with Crippen molar-refractivity contribution in [3.63, 3.8) is 0 Å². The van der Waals surface area contributed by atoms with Crippen LogP contribution in [0.5, 0.6) is 0 Å². The van der Waals surface area contributed by atoms with Crippen LogP contribution in [-0.4, -0.2) is 60.9 Å². The molecule has 162 valence electrons. The van der Waals surface area contributed by atoms with Crippen molar-refractivity contribution in [1.29, 1.82) is 0 Å². The monoisotopic (exact) mass is 417 g/mol. The molecule has 0 unspecified atom stereocenters. The van der Waals surface area contributed by atoms with Gasteiger partial charge in [0.2, 0.25) is 11.8 Å². The summed E-state index contributed by atoms with van der Waals surface area (Å²) in [7, 11) is 0. The minimum Gasteiger partial charge on any atom is -0.370 e. The molecule has 2 aliphatic rings. The number of carbonyl (C=O) groups is 2. The zero-order valence-electron chi connectivity index (χ0n) is 18.1. The number of rotatable bonds is 4. The van der Waals surface area contributed by atoms with Gasteiger partial charge in [-0.3, -0.25) is 9.59 Å². The highest BCUT2D eigenvalue weighted by Crippen LogP contribution is 2.38. The molecule has 4 rings (SSSR count). The third-order valence-corrected chi connectivity index (χ3v) is 6.74. The average molecular weight is 418 g/mol. The smallest absolute Gasteiger partial charge is 0.245 e. The van der Waals surface area contributed by atoms with Crippen molar-refractivity contribution in [3.05, 3.63) is 78.9 Å². The van der Waals surface area contributed by atoms with Crippen molar-refractivity contribution >= 4 is 17.5 Å². The van der Waals surface area contributed by atoms with E-state index in [0.29, 0.717) is 25.9 Å². The summed E-state index contributed by atoms with van der Waals surface area (Å²) in [5, 5.41) is 0. The molecule has 0 atom stereocenters. The van der Waals surface area contributed by atoms with Gasteiger partial charge < -0.3 is 14.7 Å². The second-order valence-corrected chi connectivity index (χ2v) is 8.45. The first kappa shape index (κ1) is 21.2. The molecule has 0 saturated carbocycles. The van der Waals surface area contributed by atoms with Crippen molar-refractivity contribution in [2.75, 3.05) is 44.2 Å². The van der Waals surface area contributed by atoms with Crippen LogP contribution in [0.4, 0.5) is 5.69 Å². The van der Waals surface area contributed by atoms with Gasteiger partial charge in [0.1, 0.15) is 0 Å². The molecule has 0 aromatic heterocycles. The summed E-state index contributed by atoms with van der Waals surface area (Å²) in [4.78, 5) is 32.3. The number of anilines is 1. The number of para-hydroxylation sites is 1. The zero-order valence-corrected chi connectivity index (χ0v) is 18.1. The maximum absolute atomic E-state index is 14.0. The van der Waals surface area contributed by atoms with Crippen LogP contribution in [0.2, 0.25) is 0 Å². The van der Waals surface area contributed by atoms with Gasteiger partial charge in [-0.2, -0.15) is 0 Å². The Morgan fingerprint density at radius 3 is 2.06 bits per heavy atom. The SMILES string of the molecule is C=CC(=O)N1CCC(C(=O)N2CCCN(c3ccccc3)CC2)(c2ccccc2)CC1. The Hall–Kier alpha value is -3.08. The van der Waals surface area contributed by atoms with E-state index in [1.807, 2.05) is 24.3 Å². The lowest BCUT2D eigenvalue weighted by atomic mass is 9.71. The molecule has 0 bridgehead atoms. The van der Waals surface area contributed by atoms with E-state index >= 15 is 0 Å².